The maximum Gasteiger partial charge on any atom is 0.250 e. The highest BCUT2D eigenvalue weighted by Crippen LogP contribution is 2.14. The van der Waals surface area contributed by atoms with Crippen LogP contribution in [0.1, 0.15) is 5.56 Å². The van der Waals surface area contributed by atoms with E-state index in [-0.39, 0.29) is 5.91 Å². The van der Waals surface area contributed by atoms with E-state index in [2.05, 4.69) is 16.4 Å². The van der Waals surface area contributed by atoms with Crippen molar-refractivity contribution in [3.63, 3.8) is 0 Å². The highest BCUT2D eigenvalue weighted by molar-refractivity contribution is 5.93. The summed E-state index contributed by atoms with van der Waals surface area (Å²) >= 11 is 0. The van der Waals surface area contributed by atoms with Crippen LogP contribution in [0.3, 0.4) is 0 Å². The second-order valence-electron chi connectivity index (χ2n) is 6.75. The van der Waals surface area contributed by atoms with Crippen LogP contribution in [0.15, 0.2) is 42.5 Å². The summed E-state index contributed by atoms with van der Waals surface area (Å²) in [7, 11) is 1.84. The third-order valence-electron chi connectivity index (χ3n) is 4.87. The van der Waals surface area contributed by atoms with E-state index >= 15 is 0 Å². The van der Waals surface area contributed by atoms with Gasteiger partial charge < -0.3 is 9.64 Å². The predicted molar refractivity (Wildman–Crippen MR) is 94.7 cm³/mol. The first-order chi connectivity index (χ1) is 11.6. The van der Waals surface area contributed by atoms with Crippen LogP contribution in [0.2, 0.25) is 0 Å². The zero-order valence-electron chi connectivity index (χ0n) is 14.5. The van der Waals surface area contributed by atoms with E-state index < -0.39 is 0 Å². The number of likely N-dealkylation sites (N-methyl/N-ethyl adjacent to an activating group) is 1. The molecule has 0 N–H and O–H groups in total. The molecule has 1 amide bonds. The van der Waals surface area contributed by atoms with Crippen molar-refractivity contribution in [3.05, 3.63) is 48.0 Å². The number of benzene rings is 1. The Balaban J connectivity index is 1.43. The molecule has 5 heteroatoms. The van der Waals surface area contributed by atoms with Crippen LogP contribution in [0.25, 0.3) is 0 Å². The fourth-order valence-corrected chi connectivity index (χ4v) is 3.26. The second kappa shape index (κ2) is 7.92. The lowest BCUT2D eigenvalue weighted by Gasteiger charge is -2.42. The Bertz CT molecular complexity index is 563. The Morgan fingerprint density at radius 3 is 2.46 bits per heavy atom. The summed E-state index contributed by atoms with van der Waals surface area (Å²) in [6.45, 7) is 11.1. The lowest BCUT2D eigenvalue weighted by atomic mass is 10.1. The molecule has 2 aliphatic rings. The van der Waals surface area contributed by atoms with Crippen molar-refractivity contribution in [1.29, 1.82) is 0 Å². The fourth-order valence-electron chi connectivity index (χ4n) is 3.26. The van der Waals surface area contributed by atoms with Crippen molar-refractivity contribution in [2.24, 2.45) is 0 Å². The largest absolute Gasteiger partial charge is 0.378 e. The number of rotatable bonds is 6. The molecule has 0 unspecified atom stereocenters. The standard InChI is InChI=1S/C19H27N3O2/c1-16(19(23)20(2)13-17-6-4-3-5-7-17)12-21-8-10-22(11-9-21)18-14-24-15-18/h3-7,18H,1,8-15H2,2H3. The van der Waals surface area contributed by atoms with Gasteiger partial charge in [0.1, 0.15) is 0 Å². The van der Waals surface area contributed by atoms with Gasteiger partial charge in [-0.25, -0.2) is 0 Å². The number of nitrogens with zero attached hydrogens (tertiary/aromatic N) is 3. The number of piperazine rings is 1. The minimum atomic E-state index is 0.0358. The Morgan fingerprint density at radius 2 is 1.88 bits per heavy atom. The number of ether oxygens (including phenoxy) is 1. The molecule has 0 saturated carbocycles. The van der Waals surface area contributed by atoms with Gasteiger partial charge in [0, 0.05) is 51.9 Å². The number of hydrogen-bond donors (Lipinski definition) is 0. The van der Waals surface area contributed by atoms with Crippen LogP contribution in [0.5, 0.6) is 0 Å². The summed E-state index contributed by atoms with van der Waals surface area (Å²) < 4.78 is 5.27. The van der Waals surface area contributed by atoms with E-state index in [1.54, 1.807) is 4.90 Å². The third kappa shape index (κ3) is 4.23. The quantitative estimate of drug-likeness (QED) is 0.735. The first-order valence-electron chi connectivity index (χ1n) is 8.65. The Morgan fingerprint density at radius 1 is 1.21 bits per heavy atom. The van der Waals surface area contributed by atoms with Crippen LogP contribution in [0, 0.1) is 0 Å². The predicted octanol–water partition coefficient (Wildman–Crippen LogP) is 1.22. The second-order valence-corrected chi connectivity index (χ2v) is 6.75. The molecule has 0 radical (unpaired) electrons. The molecule has 1 aromatic rings. The summed E-state index contributed by atoms with van der Waals surface area (Å²) in [5, 5.41) is 0. The molecule has 0 aromatic heterocycles. The fraction of sp³-hybridized carbons (Fsp3) is 0.526. The van der Waals surface area contributed by atoms with Gasteiger partial charge >= 0.3 is 0 Å². The van der Waals surface area contributed by atoms with Gasteiger partial charge in [-0.1, -0.05) is 36.9 Å². The molecule has 0 atom stereocenters. The lowest BCUT2D eigenvalue weighted by Crippen LogP contribution is -2.56. The summed E-state index contributed by atoms with van der Waals surface area (Å²) in [4.78, 5) is 19.1. The molecule has 2 saturated heterocycles. The van der Waals surface area contributed by atoms with E-state index in [0.717, 1.165) is 45.0 Å². The van der Waals surface area contributed by atoms with Crippen LogP contribution in [-0.4, -0.2) is 79.6 Å². The monoisotopic (exact) mass is 329 g/mol. The maximum atomic E-state index is 12.5. The highest BCUT2D eigenvalue weighted by Gasteiger charge is 2.29. The molecule has 0 bridgehead atoms. The van der Waals surface area contributed by atoms with Gasteiger partial charge in [-0.05, 0) is 5.56 Å². The van der Waals surface area contributed by atoms with Crippen molar-refractivity contribution in [1.82, 2.24) is 14.7 Å². The lowest BCUT2D eigenvalue weighted by molar-refractivity contribution is -0.126. The Hall–Kier alpha value is -1.69. The molecule has 3 rings (SSSR count). The molecule has 2 heterocycles. The van der Waals surface area contributed by atoms with Gasteiger partial charge in [-0.15, -0.1) is 0 Å². The summed E-state index contributed by atoms with van der Waals surface area (Å²) in [6.07, 6.45) is 0. The summed E-state index contributed by atoms with van der Waals surface area (Å²) in [5.41, 5.74) is 1.81. The van der Waals surface area contributed by atoms with E-state index in [1.165, 1.54) is 0 Å². The van der Waals surface area contributed by atoms with Gasteiger partial charge in [0.05, 0.1) is 19.3 Å². The number of carbonyl (C=O) groups is 1. The van der Waals surface area contributed by atoms with E-state index in [9.17, 15) is 4.79 Å². The first kappa shape index (κ1) is 17.1. The zero-order chi connectivity index (χ0) is 16.9. The SMILES string of the molecule is C=C(CN1CCN(C2COC2)CC1)C(=O)N(C)Cc1ccccc1. The average Bonchev–Trinajstić information content (AvgIpc) is 2.55. The van der Waals surface area contributed by atoms with Crippen molar-refractivity contribution >= 4 is 5.91 Å². The van der Waals surface area contributed by atoms with Gasteiger partial charge in [0.25, 0.3) is 5.91 Å². The molecule has 130 valence electrons. The van der Waals surface area contributed by atoms with Gasteiger partial charge in [0.15, 0.2) is 0 Å². The van der Waals surface area contributed by atoms with E-state index in [4.69, 9.17) is 4.74 Å². The molecule has 2 aliphatic heterocycles. The smallest absolute Gasteiger partial charge is 0.250 e. The van der Waals surface area contributed by atoms with Crippen LogP contribution < -0.4 is 0 Å². The zero-order valence-corrected chi connectivity index (χ0v) is 14.5. The van der Waals surface area contributed by atoms with Crippen molar-refractivity contribution < 1.29 is 9.53 Å². The molecule has 0 spiro atoms. The third-order valence-corrected chi connectivity index (χ3v) is 4.87. The van der Waals surface area contributed by atoms with Gasteiger partial charge in [0.2, 0.25) is 0 Å². The minimum absolute atomic E-state index is 0.0358. The maximum absolute atomic E-state index is 12.5. The van der Waals surface area contributed by atoms with Crippen molar-refractivity contribution in [3.8, 4) is 0 Å². The molecular formula is C19H27N3O2. The number of amides is 1. The first-order valence-corrected chi connectivity index (χ1v) is 8.65. The van der Waals surface area contributed by atoms with Crippen molar-refractivity contribution in [2.75, 3.05) is 53.0 Å². The molecular weight excluding hydrogens is 302 g/mol. The van der Waals surface area contributed by atoms with Crippen LogP contribution >= 0.6 is 0 Å². The Kier molecular flexibility index (Phi) is 5.66. The van der Waals surface area contributed by atoms with E-state index in [0.29, 0.717) is 24.7 Å². The summed E-state index contributed by atoms with van der Waals surface area (Å²) in [6, 6.07) is 10.7. The van der Waals surface area contributed by atoms with Gasteiger partial charge in [-0.2, -0.15) is 0 Å². The summed E-state index contributed by atoms with van der Waals surface area (Å²) in [5.74, 6) is 0.0358. The molecule has 24 heavy (non-hydrogen) atoms. The number of hydrogen-bond acceptors (Lipinski definition) is 4. The number of carbonyl (C=O) groups excluding carboxylic acids is 1. The molecule has 0 aliphatic carbocycles. The van der Waals surface area contributed by atoms with Crippen LogP contribution in [-0.2, 0) is 16.1 Å². The Labute approximate surface area is 144 Å². The normalized spacial score (nSPS) is 19.7. The van der Waals surface area contributed by atoms with E-state index in [1.807, 2.05) is 37.4 Å². The molecule has 1 aromatic carbocycles. The van der Waals surface area contributed by atoms with Crippen LogP contribution in [0.4, 0.5) is 0 Å². The molecule has 2 fully saturated rings. The minimum Gasteiger partial charge on any atom is -0.378 e. The highest BCUT2D eigenvalue weighted by atomic mass is 16.5. The van der Waals surface area contributed by atoms with Crippen molar-refractivity contribution in [2.45, 2.75) is 12.6 Å². The topological polar surface area (TPSA) is 36.0 Å². The average molecular weight is 329 g/mol. The van der Waals surface area contributed by atoms with Gasteiger partial charge in [-0.3, -0.25) is 14.6 Å². The molecule has 5 nitrogen and oxygen atoms in total.